The molecule has 0 bridgehead atoms. The van der Waals surface area contributed by atoms with Crippen molar-refractivity contribution < 1.29 is 13.7 Å². The maximum atomic E-state index is 14.0. The van der Waals surface area contributed by atoms with Crippen LogP contribution >= 0.6 is 11.6 Å². The van der Waals surface area contributed by atoms with Crippen molar-refractivity contribution in [3.8, 4) is 0 Å². The van der Waals surface area contributed by atoms with Crippen molar-refractivity contribution in [3.63, 3.8) is 0 Å². The summed E-state index contributed by atoms with van der Waals surface area (Å²) >= 11 is 5.67. The average Bonchev–Trinajstić information content (AvgIpc) is 2.53. The predicted molar refractivity (Wildman–Crippen MR) is 70.9 cm³/mol. The molecule has 1 aromatic carbocycles. The van der Waals surface area contributed by atoms with Crippen molar-refractivity contribution in [2.75, 3.05) is 0 Å². The van der Waals surface area contributed by atoms with Gasteiger partial charge in [-0.3, -0.25) is 4.21 Å². The molecule has 5 heteroatoms. The van der Waals surface area contributed by atoms with Gasteiger partial charge in [0.05, 0.1) is 16.0 Å². The van der Waals surface area contributed by atoms with Gasteiger partial charge in [-0.15, -0.1) is 0 Å². The molecular formula is C13H16ClFO2S. The third-order valence-corrected chi connectivity index (χ3v) is 5.85. The van der Waals surface area contributed by atoms with Crippen LogP contribution in [-0.4, -0.2) is 25.8 Å². The van der Waals surface area contributed by atoms with Crippen molar-refractivity contribution in [3.05, 3.63) is 29.8 Å². The summed E-state index contributed by atoms with van der Waals surface area (Å²) in [5.41, 5.74) is 1.06. The molecule has 2 nitrogen and oxygen atoms in total. The van der Waals surface area contributed by atoms with Gasteiger partial charge in [-0.05, 0) is 25.5 Å². The lowest BCUT2D eigenvalue weighted by molar-refractivity contribution is 0.0588. The Kier molecular flexibility index (Phi) is 3.81. The van der Waals surface area contributed by atoms with E-state index in [9.17, 15) is 13.7 Å². The van der Waals surface area contributed by atoms with Gasteiger partial charge >= 0.3 is 0 Å². The van der Waals surface area contributed by atoms with Gasteiger partial charge in [0.15, 0.2) is 0 Å². The molecule has 0 amide bonds. The summed E-state index contributed by atoms with van der Waals surface area (Å²) in [7, 11) is -1.44. The van der Waals surface area contributed by atoms with Crippen molar-refractivity contribution in [2.24, 2.45) is 5.92 Å². The van der Waals surface area contributed by atoms with Gasteiger partial charge in [0, 0.05) is 10.8 Å². The van der Waals surface area contributed by atoms with Crippen molar-refractivity contribution >= 4 is 22.4 Å². The van der Waals surface area contributed by atoms with Crippen LogP contribution in [0.25, 0.3) is 0 Å². The quantitative estimate of drug-likeness (QED) is 0.851. The fourth-order valence-electron chi connectivity index (χ4n) is 2.23. The van der Waals surface area contributed by atoms with E-state index < -0.39 is 33.2 Å². The van der Waals surface area contributed by atoms with Gasteiger partial charge in [0.25, 0.3) is 0 Å². The number of aryl methyl sites for hydroxylation is 1. The summed E-state index contributed by atoms with van der Waals surface area (Å²) in [5.74, 6) is -0.506. The second-order valence-electron chi connectivity index (χ2n) is 4.91. The van der Waals surface area contributed by atoms with Gasteiger partial charge < -0.3 is 5.11 Å². The fourth-order valence-corrected chi connectivity index (χ4v) is 4.19. The topological polar surface area (TPSA) is 37.3 Å². The van der Waals surface area contributed by atoms with E-state index in [-0.39, 0.29) is 0 Å². The molecule has 1 aliphatic rings. The maximum absolute atomic E-state index is 14.0. The van der Waals surface area contributed by atoms with Crippen LogP contribution in [-0.2, 0) is 10.8 Å². The predicted octanol–water partition coefficient (Wildman–Crippen LogP) is 2.78. The summed E-state index contributed by atoms with van der Waals surface area (Å²) in [6.07, 6.45) is -1.07. The SMILES string of the molecule is Cc1ccc([S@](=O)[C@@H]2C[C@@H](C)[C@](F)(Cl)[C@@H]2O)cc1. The first-order valence-corrected chi connectivity index (χ1v) is 7.46. The first-order chi connectivity index (χ1) is 8.34. The van der Waals surface area contributed by atoms with Crippen LogP contribution in [0.15, 0.2) is 29.2 Å². The Morgan fingerprint density at radius 1 is 1.44 bits per heavy atom. The molecule has 0 aliphatic heterocycles. The molecule has 1 N–H and O–H groups in total. The summed E-state index contributed by atoms with van der Waals surface area (Å²) in [5, 5.41) is 7.05. The van der Waals surface area contributed by atoms with Crippen LogP contribution in [0.2, 0.25) is 0 Å². The lowest BCUT2D eigenvalue weighted by Crippen LogP contribution is -2.37. The zero-order chi connectivity index (χ0) is 13.5. The normalized spacial score (nSPS) is 37.7. The number of rotatable bonds is 2. The summed E-state index contributed by atoms with van der Waals surface area (Å²) in [6, 6.07) is 7.19. The molecule has 0 unspecified atom stereocenters. The molecule has 0 radical (unpaired) electrons. The van der Waals surface area contributed by atoms with Gasteiger partial charge in [0.1, 0.15) is 6.10 Å². The first-order valence-electron chi connectivity index (χ1n) is 5.87. The number of halogens is 2. The molecule has 5 atom stereocenters. The van der Waals surface area contributed by atoms with E-state index in [1.54, 1.807) is 19.1 Å². The van der Waals surface area contributed by atoms with E-state index in [2.05, 4.69) is 0 Å². The second kappa shape index (κ2) is 4.91. The summed E-state index contributed by atoms with van der Waals surface area (Å²) in [6.45, 7) is 3.56. The molecular weight excluding hydrogens is 275 g/mol. The largest absolute Gasteiger partial charge is 0.387 e. The lowest BCUT2D eigenvalue weighted by Gasteiger charge is -2.21. The Hall–Kier alpha value is -0.450. The van der Waals surface area contributed by atoms with Crippen LogP contribution < -0.4 is 0 Å². The van der Waals surface area contributed by atoms with Crippen LogP contribution in [0.5, 0.6) is 0 Å². The smallest absolute Gasteiger partial charge is 0.212 e. The Labute approximate surface area is 114 Å². The van der Waals surface area contributed by atoms with Gasteiger partial charge in [-0.1, -0.05) is 36.2 Å². The van der Waals surface area contributed by atoms with E-state index in [4.69, 9.17) is 11.6 Å². The second-order valence-corrected chi connectivity index (χ2v) is 7.16. The summed E-state index contributed by atoms with van der Waals surface area (Å²) in [4.78, 5) is 0.603. The van der Waals surface area contributed by atoms with Crippen LogP contribution in [0.3, 0.4) is 0 Å². The van der Waals surface area contributed by atoms with Gasteiger partial charge in [-0.25, -0.2) is 4.39 Å². The van der Waals surface area contributed by atoms with E-state index in [1.165, 1.54) is 0 Å². The minimum absolute atomic E-state index is 0.321. The maximum Gasteiger partial charge on any atom is 0.212 e. The fraction of sp³-hybridized carbons (Fsp3) is 0.538. The standard InChI is InChI=1S/C13H16ClFO2S/c1-8-3-5-10(6-4-8)18(17)11-7-9(2)13(14,15)12(11)16/h3-6,9,11-12,16H,7H2,1-2H3/t9-,11-,12-,13-,18+/m1/s1. The van der Waals surface area contributed by atoms with Gasteiger partial charge in [0.2, 0.25) is 5.13 Å². The molecule has 18 heavy (non-hydrogen) atoms. The molecule has 0 heterocycles. The zero-order valence-electron chi connectivity index (χ0n) is 10.3. The Balaban J connectivity index is 2.23. The number of aliphatic hydroxyl groups is 1. The van der Waals surface area contributed by atoms with Crippen molar-refractivity contribution in [1.82, 2.24) is 0 Å². The van der Waals surface area contributed by atoms with Gasteiger partial charge in [-0.2, -0.15) is 0 Å². The highest BCUT2D eigenvalue weighted by molar-refractivity contribution is 7.85. The van der Waals surface area contributed by atoms with Crippen molar-refractivity contribution in [2.45, 2.75) is 41.6 Å². The number of alkyl halides is 2. The highest BCUT2D eigenvalue weighted by Crippen LogP contribution is 2.45. The van der Waals surface area contributed by atoms with Crippen LogP contribution in [0.1, 0.15) is 18.9 Å². The molecule has 0 spiro atoms. The third kappa shape index (κ3) is 2.33. The van der Waals surface area contributed by atoms with E-state index >= 15 is 0 Å². The highest BCUT2D eigenvalue weighted by Gasteiger charge is 2.54. The molecule has 1 aliphatic carbocycles. The van der Waals surface area contributed by atoms with Crippen molar-refractivity contribution in [1.29, 1.82) is 0 Å². The Morgan fingerprint density at radius 3 is 2.44 bits per heavy atom. The number of aliphatic hydroxyl groups excluding tert-OH is 1. The van der Waals surface area contributed by atoms with Crippen LogP contribution in [0.4, 0.5) is 4.39 Å². The average molecular weight is 291 g/mol. The number of hydrogen-bond acceptors (Lipinski definition) is 2. The Bertz CT molecular complexity index is 461. The van der Waals surface area contributed by atoms with Crippen LogP contribution in [0, 0.1) is 12.8 Å². The molecule has 0 aromatic heterocycles. The zero-order valence-corrected chi connectivity index (χ0v) is 11.8. The molecule has 1 aromatic rings. The lowest BCUT2D eigenvalue weighted by atomic mass is 10.1. The number of hydrogen-bond donors (Lipinski definition) is 1. The highest BCUT2D eigenvalue weighted by atomic mass is 35.5. The molecule has 2 rings (SSSR count). The number of benzene rings is 1. The first kappa shape index (κ1) is 14.0. The third-order valence-electron chi connectivity index (χ3n) is 3.52. The molecule has 1 saturated carbocycles. The Morgan fingerprint density at radius 2 is 2.00 bits per heavy atom. The minimum atomic E-state index is -2.18. The van der Waals surface area contributed by atoms with E-state index in [1.807, 2.05) is 19.1 Å². The summed E-state index contributed by atoms with van der Waals surface area (Å²) < 4.78 is 26.3. The molecule has 0 saturated heterocycles. The molecule has 100 valence electrons. The monoisotopic (exact) mass is 290 g/mol. The van der Waals surface area contributed by atoms with E-state index in [0.29, 0.717) is 11.3 Å². The molecule has 1 fully saturated rings. The minimum Gasteiger partial charge on any atom is -0.387 e. The van der Waals surface area contributed by atoms with E-state index in [0.717, 1.165) is 5.56 Å².